The zero-order valence-corrected chi connectivity index (χ0v) is 21.6. The van der Waals surface area contributed by atoms with Gasteiger partial charge in [0.15, 0.2) is 17.2 Å². The fourth-order valence-electron chi connectivity index (χ4n) is 3.82. The summed E-state index contributed by atoms with van der Waals surface area (Å²) in [7, 11) is 0. The van der Waals surface area contributed by atoms with E-state index in [0.29, 0.717) is 16.2 Å². The van der Waals surface area contributed by atoms with Crippen molar-refractivity contribution >= 4 is 52.5 Å². The molecule has 0 saturated carbocycles. The number of nitrogens with zero attached hydrogens (tertiary/aromatic N) is 1. The molecule has 190 valence electrons. The van der Waals surface area contributed by atoms with Crippen LogP contribution >= 0.6 is 34.9 Å². The minimum absolute atomic E-state index is 0.0623. The lowest BCUT2D eigenvalue weighted by molar-refractivity contribution is -0.139. The monoisotopic (exact) mass is 548 g/mol. The number of anilines is 1. The number of piperidine rings is 1. The van der Waals surface area contributed by atoms with Crippen molar-refractivity contribution in [1.29, 1.82) is 0 Å². The number of nitrogens with two attached hydrogens (primary N) is 1. The number of benzene rings is 2. The maximum Gasteiger partial charge on any atom is 0.349 e. The molecule has 3 aromatic rings. The lowest BCUT2D eigenvalue weighted by atomic mass is 10.1. The van der Waals surface area contributed by atoms with Gasteiger partial charge in [0, 0.05) is 24.5 Å². The molecule has 0 aliphatic carbocycles. The number of carboxylic acid groups (broad SMARTS) is 2. The Morgan fingerprint density at radius 1 is 1.14 bits per heavy atom. The van der Waals surface area contributed by atoms with Gasteiger partial charge in [-0.2, -0.15) is 0 Å². The molecule has 1 fully saturated rings. The molecular weight excluding hydrogens is 524 g/mol. The SMILES string of the molecule is Nc1cccc(CSN2CCC(Oc3cccc(-c4sc(C(=O)O)c(OCC(=O)O)c4Cl)c3)CC2)c1. The number of ether oxygens (including phenoxy) is 2. The van der Waals surface area contributed by atoms with Gasteiger partial charge in [-0.25, -0.2) is 9.59 Å². The first-order chi connectivity index (χ1) is 17.3. The number of carbonyl (C=O) groups is 2. The van der Waals surface area contributed by atoms with Crippen LogP contribution < -0.4 is 15.2 Å². The van der Waals surface area contributed by atoms with E-state index in [1.807, 2.05) is 36.4 Å². The van der Waals surface area contributed by atoms with Crippen LogP contribution in [0, 0.1) is 0 Å². The molecule has 1 aliphatic rings. The minimum Gasteiger partial charge on any atom is -0.490 e. The fraction of sp³-hybridized carbons (Fsp3) is 0.280. The Labute approximate surface area is 221 Å². The zero-order valence-electron chi connectivity index (χ0n) is 19.2. The topological polar surface area (TPSA) is 122 Å². The molecule has 0 unspecified atom stereocenters. The van der Waals surface area contributed by atoms with Gasteiger partial charge < -0.3 is 25.4 Å². The van der Waals surface area contributed by atoms with E-state index in [-0.39, 0.29) is 21.8 Å². The van der Waals surface area contributed by atoms with Crippen LogP contribution in [-0.4, -0.2) is 52.3 Å². The van der Waals surface area contributed by atoms with Gasteiger partial charge in [0.2, 0.25) is 0 Å². The van der Waals surface area contributed by atoms with E-state index in [0.717, 1.165) is 48.7 Å². The van der Waals surface area contributed by atoms with E-state index >= 15 is 0 Å². The molecule has 11 heteroatoms. The van der Waals surface area contributed by atoms with Gasteiger partial charge in [-0.1, -0.05) is 47.8 Å². The Morgan fingerprint density at radius 3 is 2.58 bits per heavy atom. The van der Waals surface area contributed by atoms with E-state index in [4.69, 9.17) is 31.9 Å². The van der Waals surface area contributed by atoms with E-state index < -0.39 is 18.5 Å². The molecular formula is C25H25ClN2O6S2. The average Bonchev–Trinajstić information content (AvgIpc) is 3.19. The van der Waals surface area contributed by atoms with Crippen molar-refractivity contribution in [2.75, 3.05) is 25.4 Å². The Bertz CT molecular complexity index is 1240. The Morgan fingerprint density at radius 2 is 1.89 bits per heavy atom. The predicted octanol–water partition coefficient (Wildman–Crippen LogP) is 5.50. The van der Waals surface area contributed by atoms with Gasteiger partial charge in [0.25, 0.3) is 0 Å². The lowest BCUT2D eigenvalue weighted by Gasteiger charge is -2.31. The van der Waals surface area contributed by atoms with Crippen molar-refractivity contribution in [2.45, 2.75) is 24.7 Å². The zero-order chi connectivity index (χ0) is 25.7. The fourth-order valence-corrected chi connectivity index (χ4v) is 6.20. The van der Waals surface area contributed by atoms with Crippen LogP contribution in [0.3, 0.4) is 0 Å². The smallest absolute Gasteiger partial charge is 0.349 e. The summed E-state index contributed by atoms with van der Waals surface area (Å²) in [6, 6.07) is 15.2. The number of thiophene rings is 1. The number of nitrogen functional groups attached to an aromatic ring is 1. The Hall–Kier alpha value is -2.92. The molecule has 0 spiro atoms. The molecule has 0 amide bonds. The summed E-state index contributed by atoms with van der Waals surface area (Å²) in [5.74, 6) is -1.06. The maximum absolute atomic E-state index is 11.6. The van der Waals surface area contributed by atoms with Gasteiger partial charge in [-0.05, 0) is 48.2 Å². The third-order valence-electron chi connectivity index (χ3n) is 5.51. The summed E-state index contributed by atoms with van der Waals surface area (Å²) in [6.07, 6.45) is 1.82. The molecule has 2 aromatic carbocycles. The Balaban J connectivity index is 1.38. The van der Waals surface area contributed by atoms with Crippen LogP contribution in [0.15, 0.2) is 48.5 Å². The summed E-state index contributed by atoms with van der Waals surface area (Å²) in [5, 5.41) is 18.5. The molecule has 2 heterocycles. The highest BCUT2D eigenvalue weighted by molar-refractivity contribution is 7.96. The van der Waals surface area contributed by atoms with Gasteiger partial charge in [-0.15, -0.1) is 11.3 Å². The van der Waals surface area contributed by atoms with Crippen LogP contribution in [0.1, 0.15) is 28.1 Å². The van der Waals surface area contributed by atoms with Crippen molar-refractivity contribution in [3.05, 3.63) is 64.0 Å². The third kappa shape index (κ3) is 6.64. The number of halogens is 1. The average molecular weight is 549 g/mol. The first kappa shape index (κ1) is 26.2. The number of rotatable bonds is 10. The summed E-state index contributed by atoms with van der Waals surface area (Å²) < 4.78 is 13.7. The number of carboxylic acids is 2. The minimum atomic E-state index is -1.23. The normalized spacial score (nSPS) is 14.5. The maximum atomic E-state index is 11.6. The van der Waals surface area contributed by atoms with E-state index in [1.165, 1.54) is 5.56 Å². The summed E-state index contributed by atoms with van der Waals surface area (Å²) in [4.78, 5) is 22.9. The van der Waals surface area contributed by atoms with Gasteiger partial charge in [-0.3, -0.25) is 4.31 Å². The molecule has 8 nitrogen and oxygen atoms in total. The highest BCUT2D eigenvalue weighted by atomic mass is 35.5. The first-order valence-corrected chi connectivity index (χ1v) is 13.3. The van der Waals surface area contributed by atoms with Crippen LogP contribution in [0.2, 0.25) is 5.02 Å². The molecule has 0 radical (unpaired) electrons. The van der Waals surface area contributed by atoms with Gasteiger partial charge in [0.05, 0.1) is 4.88 Å². The molecule has 36 heavy (non-hydrogen) atoms. The first-order valence-electron chi connectivity index (χ1n) is 11.2. The third-order valence-corrected chi connectivity index (χ3v) is 8.38. The van der Waals surface area contributed by atoms with E-state index in [9.17, 15) is 14.7 Å². The van der Waals surface area contributed by atoms with Gasteiger partial charge >= 0.3 is 11.9 Å². The predicted molar refractivity (Wildman–Crippen MR) is 142 cm³/mol. The van der Waals surface area contributed by atoms with Crippen LogP contribution in [-0.2, 0) is 10.5 Å². The summed E-state index contributed by atoms with van der Waals surface area (Å²) >= 11 is 9.14. The second kappa shape index (κ2) is 11.9. The van der Waals surface area contributed by atoms with Crippen molar-refractivity contribution in [2.24, 2.45) is 0 Å². The van der Waals surface area contributed by atoms with Crippen molar-refractivity contribution in [3.63, 3.8) is 0 Å². The molecule has 1 aromatic heterocycles. The van der Waals surface area contributed by atoms with Crippen LogP contribution in [0.25, 0.3) is 10.4 Å². The molecule has 0 atom stereocenters. The number of aliphatic carboxylic acids is 1. The van der Waals surface area contributed by atoms with E-state index in [2.05, 4.69) is 10.4 Å². The molecule has 4 rings (SSSR count). The van der Waals surface area contributed by atoms with Crippen molar-refractivity contribution in [1.82, 2.24) is 4.31 Å². The number of hydrogen-bond acceptors (Lipinski definition) is 8. The molecule has 4 N–H and O–H groups in total. The molecule has 1 aliphatic heterocycles. The van der Waals surface area contributed by atoms with Crippen LogP contribution in [0.5, 0.6) is 11.5 Å². The van der Waals surface area contributed by atoms with E-state index in [1.54, 1.807) is 18.0 Å². The number of hydrogen-bond donors (Lipinski definition) is 3. The summed E-state index contributed by atoms with van der Waals surface area (Å²) in [5.41, 5.74) is 8.50. The molecule has 0 bridgehead atoms. The highest BCUT2D eigenvalue weighted by Gasteiger charge is 2.25. The number of aromatic carboxylic acids is 1. The Kier molecular flexibility index (Phi) is 8.63. The largest absolute Gasteiger partial charge is 0.490 e. The van der Waals surface area contributed by atoms with Crippen molar-refractivity contribution in [3.8, 4) is 21.9 Å². The highest BCUT2D eigenvalue weighted by Crippen LogP contribution is 2.46. The van der Waals surface area contributed by atoms with Crippen molar-refractivity contribution < 1.29 is 29.3 Å². The summed E-state index contributed by atoms with van der Waals surface area (Å²) in [6.45, 7) is 1.12. The quantitative estimate of drug-likeness (QED) is 0.222. The lowest BCUT2D eigenvalue weighted by Crippen LogP contribution is -2.34. The second-order valence-corrected chi connectivity index (χ2v) is 10.6. The van der Waals surface area contributed by atoms with Crippen LogP contribution in [0.4, 0.5) is 5.69 Å². The standard InChI is InChI=1S/C25H25ClN2O6S2/c26-21-22(33-13-20(29)30)24(25(31)32)36-23(21)16-4-2-6-19(12-16)34-18-7-9-28(10-8-18)35-14-15-3-1-5-17(27)11-15/h1-6,11-12,18H,7-10,13-14,27H2,(H,29,30)(H,31,32). The second-order valence-electron chi connectivity index (χ2n) is 8.18. The van der Waals surface area contributed by atoms with Gasteiger partial charge in [0.1, 0.15) is 16.9 Å². The molecule has 1 saturated heterocycles.